The molecule has 2 N–H and O–H groups in total. The quantitative estimate of drug-likeness (QED) is 0.764. The minimum absolute atomic E-state index is 0.0495. The van der Waals surface area contributed by atoms with Crippen molar-refractivity contribution in [2.45, 2.75) is 31.7 Å². The zero-order valence-electron chi connectivity index (χ0n) is 13.8. The van der Waals surface area contributed by atoms with Crippen LogP contribution < -0.4 is 15.4 Å². The Morgan fingerprint density at radius 2 is 1.92 bits per heavy atom. The topological polar surface area (TPSA) is 91.2 Å². The Morgan fingerprint density at radius 1 is 1.28 bits per heavy atom. The summed E-state index contributed by atoms with van der Waals surface area (Å²) >= 11 is 12.3. The first-order chi connectivity index (χ1) is 12.0. The number of nitrogens with zero attached hydrogens (tertiary/aromatic N) is 1. The van der Waals surface area contributed by atoms with Crippen LogP contribution in [0.2, 0.25) is 10.0 Å². The minimum Gasteiger partial charge on any atom is -0.497 e. The number of halogens is 2. The van der Waals surface area contributed by atoms with E-state index in [2.05, 4.69) is 10.6 Å². The van der Waals surface area contributed by atoms with Gasteiger partial charge in [-0.2, -0.15) is 5.26 Å². The van der Waals surface area contributed by atoms with Gasteiger partial charge in [0.2, 0.25) is 5.91 Å². The van der Waals surface area contributed by atoms with E-state index in [0.717, 1.165) is 12.8 Å². The number of nitriles is 1. The lowest BCUT2D eigenvalue weighted by Gasteiger charge is -2.31. The number of benzene rings is 1. The van der Waals surface area contributed by atoms with E-state index in [4.69, 9.17) is 33.2 Å². The Balaban J connectivity index is 2.15. The molecule has 0 radical (unpaired) electrons. The fourth-order valence-corrected chi connectivity index (χ4v) is 3.64. The summed E-state index contributed by atoms with van der Waals surface area (Å²) in [5.41, 5.74) is 0.158. The molecule has 1 aliphatic rings. The van der Waals surface area contributed by atoms with Gasteiger partial charge in [0.1, 0.15) is 12.3 Å². The predicted octanol–water partition coefficient (Wildman–Crippen LogP) is 2.93. The SMILES string of the molecule is COc1cc(Cl)c(C(=O)N[C@@H]2CCCC[C@H]2C(=O)NCC#N)c(Cl)c1. The van der Waals surface area contributed by atoms with Gasteiger partial charge in [-0.3, -0.25) is 9.59 Å². The average Bonchev–Trinajstić information content (AvgIpc) is 2.59. The number of carbonyl (C=O) groups excluding carboxylic acids is 2. The van der Waals surface area contributed by atoms with Crippen LogP contribution in [0.25, 0.3) is 0 Å². The first kappa shape index (κ1) is 19.4. The largest absolute Gasteiger partial charge is 0.497 e. The van der Waals surface area contributed by atoms with E-state index < -0.39 is 5.91 Å². The van der Waals surface area contributed by atoms with Crippen molar-refractivity contribution in [3.63, 3.8) is 0 Å². The molecule has 25 heavy (non-hydrogen) atoms. The van der Waals surface area contributed by atoms with Gasteiger partial charge < -0.3 is 15.4 Å². The lowest BCUT2D eigenvalue weighted by molar-refractivity contribution is -0.126. The second-order valence-electron chi connectivity index (χ2n) is 5.81. The van der Waals surface area contributed by atoms with Crippen LogP contribution in [0.1, 0.15) is 36.0 Å². The maximum atomic E-state index is 12.6. The zero-order chi connectivity index (χ0) is 18.4. The molecule has 6 nitrogen and oxygen atoms in total. The molecule has 0 unspecified atom stereocenters. The van der Waals surface area contributed by atoms with Gasteiger partial charge in [0.25, 0.3) is 5.91 Å². The van der Waals surface area contributed by atoms with Crippen molar-refractivity contribution in [3.05, 3.63) is 27.7 Å². The van der Waals surface area contributed by atoms with Gasteiger partial charge in [-0.25, -0.2) is 0 Å². The fourth-order valence-electron chi connectivity index (χ4n) is 3.00. The van der Waals surface area contributed by atoms with Crippen LogP contribution >= 0.6 is 23.2 Å². The van der Waals surface area contributed by atoms with E-state index >= 15 is 0 Å². The molecule has 2 amide bonds. The van der Waals surface area contributed by atoms with Crippen molar-refractivity contribution < 1.29 is 14.3 Å². The molecule has 0 bridgehead atoms. The highest BCUT2D eigenvalue weighted by molar-refractivity contribution is 6.39. The number of ether oxygens (including phenoxy) is 1. The van der Waals surface area contributed by atoms with Crippen LogP contribution in [0.4, 0.5) is 0 Å². The number of rotatable bonds is 5. The molecule has 0 heterocycles. The average molecular weight is 384 g/mol. The third-order valence-corrected chi connectivity index (χ3v) is 4.84. The molecule has 134 valence electrons. The minimum atomic E-state index is -0.428. The summed E-state index contributed by atoms with van der Waals surface area (Å²) in [4.78, 5) is 24.9. The molecule has 0 spiro atoms. The Labute approximate surface area is 156 Å². The van der Waals surface area contributed by atoms with Crippen LogP contribution in [0.15, 0.2) is 12.1 Å². The second-order valence-corrected chi connectivity index (χ2v) is 6.63. The summed E-state index contributed by atoms with van der Waals surface area (Å²) in [5, 5.41) is 14.4. The first-order valence-corrected chi connectivity index (χ1v) is 8.72. The van der Waals surface area contributed by atoms with E-state index in [0.29, 0.717) is 18.6 Å². The van der Waals surface area contributed by atoms with Crippen molar-refractivity contribution in [1.29, 1.82) is 5.26 Å². The first-order valence-electron chi connectivity index (χ1n) is 7.96. The Morgan fingerprint density at radius 3 is 2.52 bits per heavy atom. The molecular formula is C17H19Cl2N3O3. The van der Waals surface area contributed by atoms with Crippen LogP contribution in [-0.2, 0) is 4.79 Å². The summed E-state index contributed by atoms with van der Waals surface area (Å²) in [6, 6.07) is 4.58. The van der Waals surface area contributed by atoms with E-state index in [1.165, 1.54) is 19.2 Å². The third-order valence-electron chi connectivity index (χ3n) is 4.24. The van der Waals surface area contributed by atoms with Crippen molar-refractivity contribution in [2.75, 3.05) is 13.7 Å². The Kier molecular flexibility index (Phi) is 6.91. The number of nitrogens with one attached hydrogen (secondary N) is 2. The molecule has 1 aliphatic carbocycles. The van der Waals surface area contributed by atoms with Gasteiger partial charge in [-0.05, 0) is 25.0 Å². The van der Waals surface area contributed by atoms with Crippen molar-refractivity contribution in [1.82, 2.24) is 10.6 Å². The fraction of sp³-hybridized carbons (Fsp3) is 0.471. The summed E-state index contributed by atoms with van der Waals surface area (Å²) in [6.45, 7) is -0.0495. The third kappa shape index (κ3) is 4.77. The highest BCUT2D eigenvalue weighted by Crippen LogP contribution is 2.31. The molecule has 1 fully saturated rings. The van der Waals surface area contributed by atoms with Gasteiger partial charge in [0.15, 0.2) is 0 Å². The molecule has 1 aromatic carbocycles. The molecule has 1 saturated carbocycles. The van der Waals surface area contributed by atoms with Crippen LogP contribution in [-0.4, -0.2) is 31.5 Å². The van der Waals surface area contributed by atoms with Gasteiger partial charge in [0.05, 0.1) is 34.7 Å². The number of hydrogen-bond acceptors (Lipinski definition) is 4. The van der Waals surface area contributed by atoms with Gasteiger partial charge in [0, 0.05) is 6.04 Å². The molecule has 2 rings (SSSR count). The van der Waals surface area contributed by atoms with E-state index in [1.807, 2.05) is 6.07 Å². The van der Waals surface area contributed by atoms with E-state index in [1.54, 1.807) is 0 Å². The van der Waals surface area contributed by atoms with Crippen molar-refractivity contribution in [2.24, 2.45) is 5.92 Å². The predicted molar refractivity (Wildman–Crippen MR) is 94.8 cm³/mol. The highest BCUT2D eigenvalue weighted by Gasteiger charge is 2.32. The van der Waals surface area contributed by atoms with Crippen molar-refractivity contribution in [3.8, 4) is 11.8 Å². The van der Waals surface area contributed by atoms with Gasteiger partial charge in [-0.15, -0.1) is 0 Å². The van der Waals surface area contributed by atoms with Gasteiger partial charge >= 0.3 is 0 Å². The molecule has 8 heteroatoms. The lowest BCUT2D eigenvalue weighted by Crippen LogP contribution is -2.48. The molecule has 1 aromatic rings. The summed E-state index contributed by atoms with van der Waals surface area (Å²) in [5.74, 6) is -0.569. The normalized spacial score (nSPS) is 19.6. The monoisotopic (exact) mass is 383 g/mol. The van der Waals surface area contributed by atoms with Crippen LogP contribution in [0.3, 0.4) is 0 Å². The summed E-state index contributed by atoms with van der Waals surface area (Å²) in [6.07, 6.45) is 3.16. The zero-order valence-corrected chi connectivity index (χ0v) is 15.3. The Hall–Kier alpha value is -1.97. The molecule has 2 atom stereocenters. The maximum absolute atomic E-state index is 12.6. The van der Waals surface area contributed by atoms with E-state index in [-0.39, 0.29) is 40.0 Å². The number of carbonyl (C=O) groups is 2. The number of methoxy groups -OCH3 is 1. The van der Waals surface area contributed by atoms with Crippen LogP contribution in [0.5, 0.6) is 5.75 Å². The lowest BCUT2D eigenvalue weighted by atomic mass is 9.83. The molecule has 0 aliphatic heterocycles. The number of amides is 2. The molecule has 0 saturated heterocycles. The highest BCUT2D eigenvalue weighted by atomic mass is 35.5. The van der Waals surface area contributed by atoms with Crippen molar-refractivity contribution >= 4 is 35.0 Å². The Bertz CT molecular complexity index is 680. The smallest absolute Gasteiger partial charge is 0.254 e. The standard InChI is InChI=1S/C17H19Cl2N3O3/c1-25-10-8-12(18)15(13(19)9-10)17(24)22-14-5-3-2-4-11(14)16(23)21-7-6-20/h8-9,11,14H,2-5,7H2,1H3,(H,21,23)(H,22,24)/t11-,14-/m1/s1. The molecule has 0 aromatic heterocycles. The summed E-state index contributed by atoms with van der Waals surface area (Å²) in [7, 11) is 1.48. The van der Waals surface area contributed by atoms with E-state index in [9.17, 15) is 9.59 Å². The second kappa shape index (κ2) is 8.93. The summed E-state index contributed by atoms with van der Waals surface area (Å²) < 4.78 is 5.07. The molecular weight excluding hydrogens is 365 g/mol. The maximum Gasteiger partial charge on any atom is 0.254 e. The van der Waals surface area contributed by atoms with Gasteiger partial charge in [-0.1, -0.05) is 36.0 Å². The van der Waals surface area contributed by atoms with Crippen LogP contribution in [0, 0.1) is 17.2 Å². The number of hydrogen-bond donors (Lipinski definition) is 2.